The Kier molecular flexibility index (Phi) is 3.18. The van der Waals surface area contributed by atoms with Crippen molar-refractivity contribution >= 4 is 0 Å². The van der Waals surface area contributed by atoms with Crippen molar-refractivity contribution in [2.24, 2.45) is 5.92 Å². The Morgan fingerprint density at radius 3 is 2.94 bits per heavy atom. The van der Waals surface area contributed by atoms with Crippen molar-refractivity contribution in [2.75, 3.05) is 26.2 Å². The van der Waals surface area contributed by atoms with Crippen LogP contribution in [0.3, 0.4) is 0 Å². The van der Waals surface area contributed by atoms with Gasteiger partial charge in [-0.3, -0.25) is 4.90 Å². The summed E-state index contributed by atoms with van der Waals surface area (Å²) in [6.07, 6.45) is 5.73. The molecule has 1 saturated carbocycles. The highest BCUT2D eigenvalue weighted by Crippen LogP contribution is 2.32. The summed E-state index contributed by atoms with van der Waals surface area (Å²) in [5.74, 6) is 0.900. The number of fused-ring (bicyclic) bond motifs is 2. The molecule has 0 spiro atoms. The molecule has 1 aliphatic carbocycles. The quantitative estimate of drug-likeness (QED) is 0.636. The third kappa shape index (κ3) is 1.89. The van der Waals surface area contributed by atoms with Crippen LogP contribution in [0.5, 0.6) is 0 Å². The number of nitrogens with one attached hydrogen (secondary N) is 2. The van der Waals surface area contributed by atoms with Gasteiger partial charge < -0.3 is 10.6 Å². The van der Waals surface area contributed by atoms with Crippen LogP contribution in [0, 0.1) is 5.92 Å². The topological polar surface area (TPSA) is 27.3 Å². The number of hydrogen-bond donors (Lipinski definition) is 2. The Morgan fingerprint density at radius 2 is 2.00 bits per heavy atom. The van der Waals surface area contributed by atoms with Crippen LogP contribution < -0.4 is 10.6 Å². The van der Waals surface area contributed by atoms with E-state index in [2.05, 4.69) is 22.5 Å². The van der Waals surface area contributed by atoms with E-state index in [-0.39, 0.29) is 0 Å². The fourth-order valence-corrected chi connectivity index (χ4v) is 4.03. The summed E-state index contributed by atoms with van der Waals surface area (Å²) in [5.41, 5.74) is 0. The van der Waals surface area contributed by atoms with Gasteiger partial charge in [-0.2, -0.15) is 0 Å². The average molecular weight is 223 g/mol. The molecule has 3 aliphatic rings. The Balaban J connectivity index is 1.78. The van der Waals surface area contributed by atoms with Gasteiger partial charge in [0.2, 0.25) is 0 Å². The molecule has 0 bridgehead atoms. The molecule has 3 heteroatoms. The van der Waals surface area contributed by atoms with Crippen molar-refractivity contribution in [3.05, 3.63) is 0 Å². The highest BCUT2D eigenvalue weighted by atomic mass is 15.3. The summed E-state index contributed by atoms with van der Waals surface area (Å²) >= 11 is 0. The zero-order chi connectivity index (χ0) is 11.0. The second kappa shape index (κ2) is 4.63. The van der Waals surface area contributed by atoms with E-state index in [4.69, 9.17) is 0 Å². The fraction of sp³-hybridized carbons (Fsp3) is 1.00. The van der Waals surface area contributed by atoms with Gasteiger partial charge >= 0.3 is 0 Å². The van der Waals surface area contributed by atoms with E-state index in [0.29, 0.717) is 0 Å². The monoisotopic (exact) mass is 223 g/mol. The lowest BCUT2D eigenvalue weighted by Gasteiger charge is -2.42. The zero-order valence-electron chi connectivity index (χ0n) is 10.4. The highest BCUT2D eigenvalue weighted by Gasteiger charge is 2.38. The molecule has 16 heavy (non-hydrogen) atoms. The van der Waals surface area contributed by atoms with E-state index in [0.717, 1.165) is 24.0 Å². The number of hydrogen-bond acceptors (Lipinski definition) is 3. The Hall–Kier alpha value is -0.120. The summed E-state index contributed by atoms with van der Waals surface area (Å²) in [7, 11) is 0. The van der Waals surface area contributed by atoms with E-state index in [1.807, 2.05) is 0 Å². The van der Waals surface area contributed by atoms with Crippen molar-refractivity contribution in [2.45, 2.75) is 50.7 Å². The first-order valence-corrected chi connectivity index (χ1v) is 7.06. The summed E-state index contributed by atoms with van der Waals surface area (Å²) in [5, 5.41) is 7.36. The summed E-state index contributed by atoms with van der Waals surface area (Å²) in [6, 6.07) is 2.32. The van der Waals surface area contributed by atoms with Gasteiger partial charge in [-0.1, -0.05) is 12.8 Å². The third-order valence-electron chi connectivity index (χ3n) is 4.97. The van der Waals surface area contributed by atoms with Gasteiger partial charge in [0.15, 0.2) is 0 Å². The first-order valence-electron chi connectivity index (χ1n) is 7.06. The van der Waals surface area contributed by atoms with Crippen molar-refractivity contribution in [3.8, 4) is 0 Å². The molecule has 0 aromatic heterocycles. The molecule has 0 radical (unpaired) electrons. The first kappa shape index (κ1) is 11.0. The SMILES string of the molecule is C[C@H]1[C@@H]2CCCCC2NCC2CNCCN21. The van der Waals surface area contributed by atoms with Crippen LogP contribution >= 0.6 is 0 Å². The van der Waals surface area contributed by atoms with Gasteiger partial charge in [0, 0.05) is 44.3 Å². The normalized spacial score (nSPS) is 45.6. The van der Waals surface area contributed by atoms with Crippen LogP contribution in [-0.2, 0) is 0 Å². The fourth-order valence-electron chi connectivity index (χ4n) is 4.03. The molecular formula is C13H25N3. The molecule has 3 nitrogen and oxygen atoms in total. The molecular weight excluding hydrogens is 198 g/mol. The molecule has 2 N–H and O–H groups in total. The van der Waals surface area contributed by atoms with Gasteiger partial charge in [0.05, 0.1) is 0 Å². The Bertz CT molecular complexity index is 219. The average Bonchev–Trinajstić information content (AvgIpc) is 2.49. The largest absolute Gasteiger partial charge is 0.314 e. The molecule has 3 fully saturated rings. The van der Waals surface area contributed by atoms with Crippen LogP contribution in [0.25, 0.3) is 0 Å². The molecule has 2 heterocycles. The molecule has 3 rings (SSSR count). The lowest BCUT2D eigenvalue weighted by Crippen LogP contribution is -2.56. The minimum Gasteiger partial charge on any atom is -0.314 e. The zero-order valence-corrected chi connectivity index (χ0v) is 10.4. The van der Waals surface area contributed by atoms with Gasteiger partial charge in [-0.05, 0) is 25.7 Å². The van der Waals surface area contributed by atoms with Crippen LogP contribution in [0.15, 0.2) is 0 Å². The van der Waals surface area contributed by atoms with Crippen LogP contribution in [0.4, 0.5) is 0 Å². The predicted molar refractivity (Wildman–Crippen MR) is 66.6 cm³/mol. The maximum atomic E-state index is 3.83. The van der Waals surface area contributed by atoms with Crippen LogP contribution in [-0.4, -0.2) is 49.2 Å². The predicted octanol–water partition coefficient (Wildman–Crippen LogP) is 0.811. The molecule has 0 aromatic carbocycles. The third-order valence-corrected chi connectivity index (χ3v) is 4.97. The lowest BCUT2D eigenvalue weighted by molar-refractivity contribution is 0.0846. The maximum Gasteiger partial charge on any atom is 0.0348 e. The number of rotatable bonds is 0. The second-order valence-electron chi connectivity index (χ2n) is 5.80. The van der Waals surface area contributed by atoms with Crippen molar-refractivity contribution in [1.82, 2.24) is 15.5 Å². The van der Waals surface area contributed by atoms with Crippen molar-refractivity contribution in [1.29, 1.82) is 0 Å². The second-order valence-corrected chi connectivity index (χ2v) is 5.80. The molecule has 0 amide bonds. The standard InChI is InChI=1S/C13H25N3/c1-10-12-4-2-3-5-13(12)15-9-11-8-14-6-7-16(10)11/h10-15H,2-9H2,1H3/t10-,11?,12-,13?/m0/s1. The summed E-state index contributed by atoms with van der Waals surface area (Å²) in [4.78, 5) is 2.76. The Morgan fingerprint density at radius 1 is 1.12 bits per heavy atom. The maximum absolute atomic E-state index is 3.83. The van der Waals surface area contributed by atoms with Gasteiger partial charge in [0.1, 0.15) is 0 Å². The lowest BCUT2D eigenvalue weighted by atomic mass is 9.80. The van der Waals surface area contributed by atoms with Crippen molar-refractivity contribution < 1.29 is 0 Å². The van der Waals surface area contributed by atoms with E-state index in [9.17, 15) is 0 Å². The minimum absolute atomic E-state index is 0.731. The molecule has 2 aliphatic heterocycles. The van der Waals surface area contributed by atoms with Gasteiger partial charge in [-0.25, -0.2) is 0 Å². The number of piperazine rings is 1. The van der Waals surface area contributed by atoms with Gasteiger partial charge in [-0.15, -0.1) is 0 Å². The van der Waals surface area contributed by atoms with E-state index >= 15 is 0 Å². The highest BCUT2D eigenvalue weighted by molar-refractivity contribution is 4.96. The molecule has 2 unspecified atom stereocenters. The number of nitrogens with zero attached hydrogens (tertiary/aromatic N) is 1. The molecule has 4 atom stereocenters. The Labute approximate surface area is 99.0 Å². The van der Waals surface area contributed by atoms with E-state index in [1.54, 1.807) is 0 Å². The van der Waals surface area contributed by atoms with Crippen LogP contribution in [0.2, 0.25) is 0 Å². The minimum atomic E-state index is 0.731. The van der Waals surface area contributed by atoms with Gasteiger partial charge in [0.25, 0.3) is 0 Å². The summed E-state index contributed by atoms with van der Waals surface area (Å²) in [6.45, 7) is 7.26. The molecule has 92 valence electrons. The van der Waals surface area contributed by atoms with Crippen LogP contribution in [0.1, 0.15) is 32.6 Å². The molecule has 0 aromatic rings. The summed E-state index contributed by atoms with van der Waals surface area (Å²) < 4.78 is 0. The van der Waals surface area contributed by atoms with E-state index in [1.165, 1.54) is 51.9 Å². The van der Waals surface area contributed by atoms with Crippen molar-refractivity contribution in [3.63, 3.8) is 0 Å². The smallest absolute Gasteiger partial charge is 0.0348 e. The first-order chi connectivity index (χ1) is 7.86. The molecule has 2 saturated heterocycles. The van der Waals surface area contributed by atoms with E-state index < -0.39 is 0 Å².